The summed E-state index contributed by atoms with van der Waals surface area (Å²) < 4.78 is 0. The molecule has 2 heterocycles. The molecule has 106 valence electrons. The maximum Gasteiger partial charge on any atom is 0.274 e. The summed E-state index contributed by atoms with van der Waals surface area (Å²) >= 11 is 0. The van der Waals surface area contributed by atoms with Crippen LogP contribution >= 0.6 is 0 Å². The molecule has 3 rings (SSSR count). The Bertz CT molecular complexity index is 380. The van der Waals surface area contributed by atoms with Crippen LogP contribution in [0.5, 0.6) is 0 Å². The van der Waals surface area contributed by atoms with E-state index in [4.69, 9.17) is 0 Å². The third kappa shape index (κ3) is 2.45. The van der Waals surface area contributed by atoms with Crippen molar-refractivity contribution >= 4 is 5.91 Å². The molecular weight excluding hydrogens is 240 g/mol. The van der Waals surface area contributed by atoms with Crippen LogP contribution in [0, 0.1) is 0 Å². The topological polar surface area (TPSA) is 43.8 Å². The fourth-order valence-corrected chi connectivity index (χ4v) is 3.69. The predicted molar refractivity (Wildman–Crippen MR) is 73.7 cm³/mol. The molecule has 0 atom stereocenters. The molecule has 1 saturated carbocycles. The molecule has 0 radical (unpaired) electrons. The Kier molecular flexibility index (Phi) is 3.67. The van der Waals surface area contributed by atoms with Gasteiger partial charge < -0.3 is 14.9 Å². The largest absolute Gasteiger partial charge is 0.508 e. The Morgan fingerprint density at radius 1 is 0.947 bits per heavy atom. The predicted octanol–water partition coefficient (Wildman–Crippen LogP) is 2.42. The minimum absolute atomic E-state index is 0.0753. The SMILES string of the molecule is O=C1C(N2CCCCC2)=C(O)CN1C1CCCCC1. The minimum Gasteiger partial charge on any atom is -0.508 e. The van der Waals surface area contributed by atoms with Gasteiger partial charge in [0.05, 0.1) is 6.54 Å². The van der Waals surface area contributed by atoms with Gasteiger partial charge in [-0.1, -0.05) is 19.3 Å². The zero-order valence-electron chi connectivity index (χ0n) is 11.6. The van der Waals surface area contributed by atoms with Gasteiger partial charge in [0.25, 0.3) is 5.91 Å². The number of piperidine rings is 1. The van der Waals surface area contributed by atoms with E-state index in [0.29, 0.717) is 24.0 Å². The van der Waals surface area contributed by atoms with Gasteiger partial charge in [-0.2, -0.15) is 0 Å². The van der Waals surface area contributed by atoms with Gasteiger partial charge in [-0.25, -0.2) is 0 Å². The van der Waals surface area contributed by atoms with Crippen molar-refractivity contribution in [1.82, 2.24) is 9.80 Å². The molecule has 0 bridgehead atoms. The van der Waals surface area contributed by atoms with E-state index in [2.05, 4.69) is 4.90 Å². The van der Waals surface area contributed by atoms with Crippen LogP contribution in [0.4, 0.5) is 0 Å². The van der Waals surface area contributed by atoms with Gasteiger partial charge in [0.1, 0.15) is 11.5 Å². The highest BCUT2D eigenvalue weighted by molar-refractivity contribution is 5.96. The number of aliphatic hydroxyl groups is 1. The quantitative estimate of drug-likeness (QED) is 0.833. The number of amides is 1. The molecule has 0 spiro atoms. The van der Waals surface area contributed by atoms with E-state index in [1.165, 1.54) is 25.7 Å². The molecule has 2 aliphatic heterocycles. The first-order chi connectivity index (χ1) is 9.27. The number of aliphatic hydroxyl groups excluding tert-OH is 1. The highest BCUT2D eigenvalue weighted by atomic mass is 16.3. The van der Waals surface area contributed by atoms with Crippen molar-refractivity contribution in [3.63, 3.8) is 0 Å². The maximum atomic E-state index is 12.6. The Balaban J connectivity index is 1.71. The van der Waals surface area contributed by atoms with E-state index in [0.717, 1.165) is 38.8 Å². The second-order valence-corrected chi connectivity index (χ2v) is 6.07. The van der Waals surface area contributed by atoms with E-state index >= 15 is 0 Å². The van der Waals surface area contributed by atoms with Crippen LogP contribution in [0.25, 0.3) is 0 Å². The van der Waals surface area contributed by atoms with Crippen molar-refractivity contribution in [3.05, 3.63) is 11.5 Å². The molecule has 1 aliphatic carbocycles. The van der Waals surface area contributed by atoms with E-state index in [9.17, 15) is 9.90 Å². The summed E-state index contributed by atoms with van der Waals surface area (Å²) in [5.74, 6) is 0.378. The van der Waals surface area contributed by atoms with Crippen molar-refractivity contribution < 1.29 is 9.90 Å². The molecular formula is C15H24N2O2. The smallest absolute Gasteiger partial charge is 0.274 e. The third-order valence-electron chi connectivity index (χ3n) is 4.74. The number of hydrogen-bond acceptors (Lipinski definition) is 3. The highest BCUT2D eigenvalue weighted by Gasteiger charge is 2.38. The van der Waals surface area contributed by atoms with E-state index in [1.807, 2.05) is 4.90 Å². The summed E-state index contributed by atoms with van der Waals surface area (Å²) in [7, 11) is 0. The standard InChI is InChI=1S/C15H24N2O2/c18-13-11-17(12-7-3-1-4-8-12)15(19)14(13)16-9-5-2-6-10-16/h12,18H,1-11H2. The lowest BCUT2D eigenvalue weighted by Crippen LogP contribution is -2.42. The average molecular weight is 264 g/mol. The minimum atomic E-state index is 0.0753. The molecule has 1 amide bonds. The Morgan fingerprint density at radius 2 is 1.58 bits per heavy atom. The second-order valence-electron chi connectivity index (χ2n) is 6.07. The average Bonchev–Trinajstić information content (AvgIpc) is 2.76. The van der Waals surface area contributed by atoms with Crippen LogP contribution in [0.15, 0.2) is 11.5 Å². The summed E-state index contributed by atoms with van der Waals surface area (Å²) in [6, 6.07) is 0.352. The summed E-state index contributed by atoms with van der Waals surface area (Å²) in [6.07, 6.45) is 9.43. The van der Waals surface area contributed by atoms with Gasteiger partial charge in [0.15, 0.2) is 0 Å². The van der Waals surface area contributed by atoms with E-state index in [1.54, 1.807) is 0 Å². The van der Waals surface area contributed by atoms with Gasteiger partial charge in [-0.15, -0.1) is 0 Å². The lowest BCUT2D eigenvalue weighted by molar-refractivity contribution is -0.129. The van der Waals surface area contributed by atoms with Crippen LogP contribution in [0.2, 0.25) is 0 Å². The number of rotatable bonds is 2. The van der Waals surface area contributed by atoms with Crippen molar-refractivity contribution in [1.29, 1.82) is 0 Å². The molecule has 0 aromatic rings. The molecule has 1 saturated heterocycles. The highest BCUT2D eigenvalue weighted by Crippen LogP contribution is 2.30. The fraction of sp³-hybridized carbons (Fsp3) is 0.800. The number of likely N-dealkylation sites (tertiary alicyclic amines) is 1. The van der Waals surface area contributed by atoms with Gasteiger partial charge in [-0.3, -0.25) is 4.79 Å². The first-order valence-electron chi connectivity index (χ1n) is 7.75. The van der Waals surface area contributed by atoms with E-state index < -0.39 is 0 Å². The Labute approximate surface area is 115 Å². The fourth-order valence-electron chi connectivity index (χ4n) is 3.69. The first-order valence-corrected chi connectivity index (χ1v) is 7.75. The molecule has 1 N–H and O–H groups in total. The third-order valence-corrected chi connectivity index (χ3v) is 4.74. The number of nitrogens with zero attached hydrogens (tertiary/aromatic N) is 2. The van der Waals surface area contributed by atoms with Gasteiger partial charge >= 0.3 is 0 Å². The van der Waals surface area contributed by atoms with Crippen LogP contribution in [-0.2, 0) is 4.79 Å². The van der Waals surface area contributed by atoms with Gasteiger partial charge in [-0.05, 0) is 32.1 Å². The van der Waals surface area contributed by atoms with Crippen LogP contribution in [0.3, 0.4) is 0 Å². The van der Waals surface area contributed by atoms with Crippen LogP contribution < -0.4 is 0 Å². The molecule has 3 aliphatic rings. The lowest BCUT2D eigenvalue weighted by Gasteiger charge is -2.33. The molecule has 0 unspecified atom stereocenters. The zero-order chi connectivity index (χ0) is 13.2. The number of carbonyl (C=O) groups excluding carboxylic acids is 1. The van der Waals surface area contributed by atoms with Crippen molar-refractivity contribution in [2.45, 2.75) is 57.4 Å². The van der Waals surface area contributed by atoms with Gasteiger partial charge in [0, 0.05) is 19.1 Å². The van der Waals surface area contributed by atoms with Gasteiger partial charge in [0.2, 0.25) is 0 Å². The molecule has 0 aromatic heterocycles. The molecule has 4 heteroatoms. The Morgan fingerprint density at radius 3 is 2.26 bits per heavy atom. The summed E-state index contributed by atoms with van der Waals surface area (Å²) in [5, 5.41) is 10.2. The monoisotopic (exact) mass is 264 g/mol. The second kappa shape index (κ2) is 5.43. The molecule has 4 nitrogen and oxygen atoms in total. The molecule has 2 fully saturated rings. The maximum absolute atomic E-state index is 12.6. The Hall–Kier alpha value is -1.19. The molecule has 0 aromatic carbocycles. The zero-order valence-corrected chi connectivity index (χ0v) is 11.6. The molecule has 19 heavy (non-hydrogen) atoms. The normalized spacial score (nSPS) is 26.4. The number of carbonyl (C=O) groups is 1. The van der Waals surface area contributed by atoms with Crippen LogP contribution in [0.1, 0.15) is 51.4 Å². The summed E-state index contributed by atoms with van der Waals surface area (Å²) in [5.41, 5.74) is 0.602. The van der Waals surface area contributed by atoms with E-state index in [-0.39, 0.29) is 5.91 Å². The van der Waals surface area contributed by atoms with Crippen molar-refractivity contribution in [3.8, 4) is 0 Å². The van der Waals surface area contributed by atoms with Crippen LogP contribution in [-0.4, -0.2) is 46.5 Å². The van der Waals surface area contributed by atoms with Crippen molar-refractivity contribution in [2.24, 2.45) is 0 Å². The summed E-state index contributed by atoms with van der Waals surface area (Å²) in [4.78, 5) is 16.6. The first kappa shape index (κ1) is 12.8. The lowest BCUT2D eigenvalue weighted by atomic mass is 9.94. The summed E-state index contributed by atoms with van der Waals surface area (Å²) in [6.45, 7) is 2.28. The number of hydrogen-bond donors (Lipinski definition) is 1. The van der Waals surface area contributed by atoms with Crippen molar-refractivity contribution in [2.75, 3.05) is 19.6 Å².